The smallest absolute Gasteiger partial charge is 0.338 e. The summed E-state index contributed by atoms with van der Waals surface area (Å²) in [4.78, 5) is 24.2. The largest absolute Gasteiger partial charge is 0.460 e. The van der Waals surface area contributed by atoms with Crippen LogP contribution in [0.3, 0.4) is 0 Å². The van der Waals surface area contributed by atoms with Gasteiger partial charge in [0.1, 0.15) is 18.2 Å². The lowest BCUT2D eigenvalue weighted by atomic mass is 10.0. The number of nitrogens with two attached hydrogens (primary N) is 1. The fourth-order valence-electron chi connectivity index (χ4n) is 3.05. The number of rotatable bonds is 7. The van der Waals surface area contributed by atoms with Crippen LogP contribution in [0.4, 0.5) is 0 Å². The minimum Gasteiger partial charge on any atom is -0.460 e. The van der Waals surface area contributed by atoms with Gasteiger partial charge in [-0.2, -0.15) is 8.42 Å². The molecular formula is C28H33NO7S. The topological polar surface area (TPSA) is 133 Å². The van der Waals surface area contributed by atoms with Crippen molar-refractivity contribution in [2.45, 2.75) is 57.3 Å². The Bertz CT molecular complexity index is 1280. The van der Waals surface area contributed by atoms with Gasteiger partial charge in [0, 0.05) is 0 Å². The molecule has 0 bridgehead atoms. The van der Waals surface area contributed by atoms with Crippen LogP contribution in [0, 0.1) is 6.92 Å². The SMILES string of the molecule is CC(C)(C)OC(=O)c1cccc(CC(N)C(=O)OCc2ccccc2)c1.Cc1ccc(S(=O)(=O)O)cc1. The summed E-state index contributed by atoms with van der Waals surface area (Å²) in [5.41, 5.74) is 8.45. The lowest BCUT2D eigenvalue weighted by Gasteiger charge is -2.19. The van der Waals surface area contributed by atoms with Gasteiger partial charge in [-0.05, 0) is 69.5 Å². The van der Waals surface area contributed by atoms with Crippen molar-refractivity contribution in [1.82, 2.24) is 0 Å². The summed E-state index contributed by atoms with van der Waals surface area (Å²) in [5, 5.41) is 0. The lowest BCUT2D eigenvalue weighted by molar-refractivity contribution is -0.146. The number of hydrogen-bond acceptors (Lipinski definition) is 7. The van der Waals surface area contributed by atoms with E-state index < -0.39 is 33.7 Å². The highest BCUT2D eigenvalue weighted by atomic mass is 32.2. The lowest BCUT2D eigenvalue weighted by Crippen LogP contribution is -2.34. The first kappa shape index (κ1) is 29.7. The second-order valence-corrected chi connectivity index (χ2v) is 10.8. The molecule has 3 aromatic carbocycles. The van der Waals surface area contributed by atoms with Crippen molar-refractivity contribution < 1.29 is 32.0 Å². The molecule has 37 heavy (non-hydrogen) atoms. The Morgan fingerprint density at radius 2 is 1.51 bits per heavy atom. The molecule has 0 aliphatic rings. The summed E-state index contributed by atoms with van der Waals surface area (Å²) < 4.78 is 40.2. The van der Waals surface area contributed by atoms with E-state index in [1.807, 2.05) is 64.1 Å². The van der Waals surface area contributed by atoms with Gasteiger partial charge < -0.3 is 15.2 Å². The molecule has 0 aromatic heterocycles. The van der Waals surface area contributed by atoms with Crippen LogP contribution in [-0.4, -0.2) is 36.6 Å². The number of esters is 2. The summed E-state index contributed by atoms with van der Waals surface area (Å²) in [7, 11) is -4.02. The Labute approximate surface area is 218 Å². The summed E-state index contributed by atoms with van der Waals surface area (Å²) in [6, 6.07) is 21.5. The summed E-state index contributed by atoms with van der Waals surface area (Å²) >= 11 is 0. The fourth-order valence-corrected chi connectivity index (χ4v) is 3.53. The third-order valence-corrected chi connectivity index (χ3v) is 5.73. The standard InChI is InChI=1S/C21H25NO4.C7H8O3S/c1-21(2,3)26-19(23)17-11-7-10-16(12-17)13-18(22)20(24)25-14-15-8-5-4-6-9-15;1-6-2-4-7(5-3-6)11(8,9)10/h4-12,18H,13-14,22H2,1-3H3;2-5H,1H3,(H,8,9,10). The summed E-state index contributed by atoms with van der Waals surface area (Å²) in [5.74, 6) is -0.879. The highest BCUT2D eigenvalue weighted by Crippen LogP contribution is 2.15. The maximum absolute atomic E-state index is 12.1. The first-order valence-electron chi connectivity index (χ1n) is 11.6. The van der Waals surface area contributed by atoms with Crippen molar-refractivity contribution in [2.75, 3.05) is 0 Å². The van der Waals surface area contributed by atoms with E-state index in [2.05, 4.69) is 0 Å². The van der Waals surface area contributed by atoms with Crippen molar-refractivity contribution in [2.24, 2.45) is 5.73 Å². The van der Waals surface area contributed by atoms with E-state index in [1.165, 1.54) is 12.1 Å². The Morgan fingerprint density at radius 1 is 0.919 bits per heavy atom. The number of hydrogen-bond donors (Lipinski definition) is 2. The van der Waals surface area contributed by atoms with Gasteiger partial charge in [0.2, 0.25) is 0 Å². The van der Waals surface area contributed by atoms with Crippen LogP contribution in [0.25, 0.3) is 0 Å². The highest BCUT2D eigenvalue weighted by Gasteiger charge is 2.20. The van der Waals surface area contributed by atoms with Gasteiger partial charge in [-0.15, -0.1) is 0 Å². The fraction of sp³-hybridized carbons (Fsp3) is 0.286. The first-order valence-corrected chi connectivity index (χ1v) is 13.0. The van der Waals surface area contributed by atoms with E-state index in [9.17, 15) is 18.0 Å². The quantitative estimate of drug-likeness (QED) is 0.339. The van der Waals surface area contributed by atoms with Crippen molar-refractivity contribution >= 4 is 22.1 Å². The molecule has 0 aliphatic heterocycles. The van der Waals surface area contributed by atoms with Crippen LogP contribution in [0.2, 0.25) is 0 Å². The van der Waals surface area contributed by atoms with Gasteiger partial charge in [0.15, 0.2) is 0 Å². The second kappa shape index (κ2) is 13.1. The maximum atomic E-state index is 12.1. The molecule has 3 rings (SSSR count). The third kappa shape index (κ3) is 10.9. The number of benzene rings is 3. The van der Waals surface area contributed by atoms with Gasteiger partial charge >= 0.3 is 11.9 Å². The highest BCUT2D eigenvalue weighted by molar-refractivity contribution is 7.85. The molecule has 3 N–H and O–H groups in total. The predicted octanol–water partition coefficient (Wildman–Crippen LogP) is 4.50. The van der Waals surface area contributed by atoms with Crippen LogP contribution < -0.4 is 5.73 Å². The van der Waals surface area contributed by atoms with Gasteiger partial charge in [-0.3, -0.25) is 9.35 Å². The molecule has 1 atom stereocenters. The average molecular weight is 528 g/mol. The molecule has 1 unspecified atom stereocenters. The van der Waals surface area contributed by atoms with E-state index in [0.29, 0.717) is 5.56 Å². The maximum Gasteiger partial charge on any atom is 0.338 e. The Kier molecular flexibility index (Phi) is 10.5. The Balaban J connectivity index is 0.000000364. The van der Waals surface area contributed by atoms with Crippen LogP contribution in [0.1, 0.15) is 47.8 Å². The van der Waals surface area contributed by atoms with Crippen molar-refractivity contribution in [3.05, 3.63) is 101 Å². The van der Waals surface area contributed by atoms with E-state index in [0.717, 1.165) is 16.7 Å². The zero-order chi connectivity index (χ0) is 27.6. The molecule has 0 spiro atoms. The third-order valence-electron chi connectivity index (χ3n) is 4.86. The van der Waals surface area contributed by atoms with E-state index >= 15 is 0 Å². The zero-order valence-electron chi connectivity index (χ0n) is 21.4. The van der Waals surface area contributed by atoms with Gasteiger partial charge in [-0.1, -0.05) is 60.2 Å². The monoisotopic (exact) mass is 527 g/mol. The average Bonchev–Trinajstić information content (AvgIpc) is 2.82. The molecule has 198 valence electrons. The summed E-state index contributed by atoms with van der Waals surface area (Å²) in [6.45, 7) is 7.47. The summed E-state index contributed by atoms with van der Waals surface area (Å²) in [6.07, 6.45) is 0.282. The normalized spacial score (nSPS) is 12.1. The zero-order valence-corrected chi connectivity index (χ0v) is 22.2. The van der Waals surface area contributed by atoms with Crippen molar-refractivity contribution in [1.29, 1.82) is 0 Å². The Hall–Kier alpha value is -3.53. The number of carbonyl (C=O) groups excluding carboxylic acids is 2. The van der Waals surface area contributed by atoms with Crippen LogP contribution >= 0.6 is 0 Å². The minimum absolute atomic E-state index is 0.0666. The minimum atomic E-state index is -4.02. The second-order valence-electron chi connectivity index (χ2n) is 9.39. The van der Waals surface area contributed by atoms with Crippen LogP contribution in [-0.2, 0) is 37.4 Å². The molecule has 8 nitrogen and oxygen atoms in total. The van der Waals surface area contributed by atoms with Crippen LogP contribution in [0.5, 0.6) is 0 Å². The van der Waals surface area contributed by atoms with Gasteiger partial charge in [0.25, 0.3) is 10.1 Å². The number of carbonyl (C=O) groups is 2. The van der Waals surface area contributed by atoms with Crippen molar-refractivity contribution in [3.8, 4) is 0 Å². The molecule has 3 aromatic rings. The van der Waals surface area contributed by atoms with E-state index in [1.54, 1.807) is 30.3 Å². The molecule has 0 aliphatic carbocycles. The van der Waals surface area contributed by atoms with Gasteiger partial charge in [-0.25, -0.2) is 4.79 Å². The molecule has 0 fully saturated rings. The molecule has 0 saturated carbocycles. The molecular weight excluding hydrogens is 494 g/mol. The predicted molar refractivity (Wildman–Crippen MR) is 141 cm³/mol. The van der Waals surface area contributed by atoms with E-state index in [-0.39, 0.29) is 17.9 Å². The van der Waals surface area contributed by atoms with Gasteiger partial charge in [0.05, 0.1) is 10.5 Å². The molecule has 9 heteroatoms. The van der Waals surface area contributed by atoms with Crippen LogP contribution in [0.15, 0.2) is 83.8 Å². The first-order chi connectivity index (χ1) is 17.2. The molecule has 0 amide bonds. The number of ether oxygens (including phenoxy) is 2. The Morgan fingerprint density at radius 3 is 2.08 bits per heavy atom. The molecule has 0 saturated heterocycles. The number of aryl methyl sites for hydroxylation is 1. The van der Waals surface area contributed by atoms with Crippen molar-refractivity contribution in [3.63, 3.8) is 0 Å². The molecule has 0 radical (unpaired) electrons. The van der Waals surface area contributed by atoms with E-state index in [4.69, 9.17) is 19.8 Å². The molecule has 0 heterocycles.